The van der Waals surface area contributed by atoms with E-state index in [0.717, 1.165) is 32.0 Å². The average Bonchev–Trinajstić information content (AvgIpc) is 2.41. The summed E-state index contributed by atoms with van der Waals surface area (Å²) in [5.41, 5.74) is -1.42. The van der Waals surface area contributed by atoms with Crippen LogP contribution in [0.5, 0.6) is 0 Å². The van der Waals surface area contributed by atoms with Gasteiger partial charge in [-0.1, -0.05) is 0 Å². The zero-order valence-corrected chi connectivity index (χ0v) is 11.3. The fraction of sp³-hybridized carbons (Fsp3) is 0.500. The molecule has 1 aromatic rings. The number of rotatable bonds is 3. The normalized spacial score (nSPS) is 19.3. The highest BCUT2D eigenvalue weighted by Gasteiger charge is 2.34. The lowest BCUT2D eigenvalue weighted by Gasteiger charge is -2.22. The number of benzene rings is 1. The number of carbonyl (C=O) groups is 1. The Balaban J connectivity index is 2.00. The molecular formula is C14H16F4N2O. The number of piperidine rings is 1. The molecule has 1 amide bonds. The summed E-state index contributed by atoms with van der Waals surface area (Å²) in [6.07, 6.45) is -2.64. The van der Waals surface area contributed by atoms with Gasteiger partial charge in [0.2, 0.25) is 5.91 Å². The molecule has 0 bridgehead atoms. The predicted molar refractivity (Wildman–Crippen MR) is 70.2 cm³/mol. The maximum atomic E-state index is 13.1. The molecule has 1 aliphatic heterocycles. The molecule has 1 unspecified atom stereocenters. The van der Waals surface area contributed by atoms with Crippen molar-refractivity contribution in [1.29, 1.82) is 0 Å². The number of anilines is 1. The summed E-state index contributed by atoms with van der Waals surface area (Å²) in [7, 11) is 0. The van der Waals surface area contributed by atoms with Crippen molar-refractivity contribution in [3.05, 3.63) is 29.6 Å². The molecule has 2 rings (SSSR count). The van der Waals surface area contributed by atoms with Crippen molar-refractivity contribution in [1.82, 2.24) is 5.32 Å². The monoisotopic (exact) mass is 304 g/mol. The van der Waals surface area contributed by atoms with Crippen molar-refractivity contribution in [2.24, 2.45) is 5.92 Å². The summed E-state index contributed by atoms with van der Waals surface area (Å²) >= 11 is 0. The lowest BCUT2D eigenvalue weighted by molar-refractivity contribution is -0.140. The highest BCUT2D eigenvalue weighted by Crippen LogP contribution is 2.33. The first-order valence-corrected chi connectivity index (χ1v) is 6.73. The first-order valence-electron chi connectivity index (χ1n) is 6.73. The lowest BCUT2D eigenvalue weighted by Crippen LogP contribution is -2.32. The van der Waals surface area contributed by atoms with Gasteiger partial charge in [0, 0.05) is 12.1 Å². The van der Waals surface area contributed by atoms with Gasteiger partial charge >= 0.3 is 6.18 Å². The molecule has 1 heterocycles. The Hall–Kier alpha value is -1.63. The van der Waals surface area contributed by atoms with Crippen LogP contribution in [0.25, 0.3) is 0 Å². The van der Waals surface area contributed by atoms with Gasteiger partial charge < -0.3 is 10.6 Å². The van der Waals surface area contributed by atoms with Crippen molar-refractivity contribution in [2.75, 3.05) is 18.4 Å². The van der Waals surface area contributed by atoms with Gasteiger partial charge in [0.05, 0.1) is 5.56 Å². The van der Waals surface area contributed by atoms with Crippen molar-refractivity contribution in [3.63, 3.8) is 0 Å². The number of halogens is 4. The number of hydrogen-bond acceptors (Lipinski definition) is 2. The van der Waals surface area contributed by atoms with E-state index in [-0.39, 0.29) is 23.9 Å². The van der Waals surface area contributed by atoms with Crippen LogP contribution >= 0.6 is 0 Å². The molecule has 7 heteroatoms. The molecule has 2 N–H and O–H groups in total. The van der Waals surface area contributed by atoms with Gasteiger partial charge in [-0.15, -0.1) is 0 Å². The van der Waals surface area contributed by atoms with Gasteiger partial charge in [-0.2, -0.15) is 13.2 Å². The van der Waals surface area contributed by atoms with Crippen LogP contribution in [0.15, 0.2) is 18.2 Å². The van der Waals surface area contributed by atoms with Gasteiger partial charge in [0.25, 0.3) is 0 Å². The summed E-state index contributed by atoms with van der Waals surface area (Å²) < 4.78 is 50.9. The van der Waals surface area contributed by atoms with Gasteiger partial charge in [0.15, 0.2) is 0 Å². The number of carbonyl (C=O) groups excluding carboxylic acids is 1. The first kappa shape index (κ1) is 15.8. The highest BCUT2D eigenvalue weighted by molar-refractivity contribution is 5.90. The molecule has 0 spiro atoms. The second-order valence-electron chi connectivity index (χ2n) is 5.16. The van der Waals surface area contributed by atoms with Crippen LogP contribution in [-0.2, 0) is 11.0 Å². The fourth-order valence-electron chi connectivity index (χ4n) is 2.39. The summed E-state index contributed by atoms with van der Waals surface area (Å²) in [4.78, 5) is 11.8. The summed E-state index contributed by atoms with van der Waals surface area (Å²) in [5, 5.41) is 5.56. The molecule has 0 radical (unpaired) electrons. The Morgan fingerprint density at radius 1 is 1.38 bits per heavy atom. The predicted octanol–water partition coefficient (Wildman–Crippen LogP) is 3.17. The maximum Gasteiger partial charge on any atom is 0.419 e. The zero-order valence-electron chi connectivity index (χ0n) is 11.3. The van der Waals surface area contributed by atoms with Crippen LogP contribution in [0.2, 0.25) is 0 Å². The number of amides is 1. The summed E-state index contributed by atoms with van der Waals surface area (Å²) in [5.74, 6) is -1.53. The zero-order chi connectivity index (χ0) is 15.5. The quantitative estimate of drug-likeness (QED) is 0.842. The third-order valence-electron chi connectivity index (χ3n) is 3.43. The van der Waals surface area contributed by atoms with E-state index >= 15 is 0 Å². The van der Waals surface area contributed by atoms with Gasteiger partial charge in [-0.3, -0.25) is 4.79 Å². The van der Waals surface area contributed by atoms with Crippen LogP contribution in [0, 0.1) is 11.7 Å². The Morgan fingerprint density at radius 2 is 2.14 bits per heavy atom. The SMILES string of the molecule is O=C(CC1CCCNC1)Nc1ccc(F)c(C(F)(F)F)c1. The van der Waals surface area contributed by atoms with E-state index in [4.69, 9.17) is 0 Å². The molecule has 1 saturated heterocycles. The van der Waals surface area contributed by atoms with Crippen molar-refractivity contribution < 1.29 is 22.4 Å². The van der Waals surface area contributed by atoms with E-state index in [1.165, 1.54) is 0 Å². The molecule has 3 nitrogen and oxygen atoms in total. The van der Waals surface area contributed by atoms with Crippen LogP contribution in [-0.4, -0.2) is 19.0 Å². The third-order valence-corrected chi connectivity index (χ3v) is 3.43. The largest absolute Gasteiger partial charge is 0.419 e. The molecule has 0 aliphatic carbocycles. The highest BCUT2D eigenvalue weighted by atomic mass is 19.4. The summed E-state index contributed by atoms with van der Waals surface area (Å²) in [6.45, 7) is 1.65. The molecular weight excluding hydrogens is 288 g/mol. The van der Waals surface area contributed by atoms with Gasteiger partial charge in [-0.05, 0) is 50.0 Å². The molecule has 0 saturated carbocycles. The van der Waals surface area contributed by atoms with Crippen molar-refractivity contribution in [2.45, 2.75) is 25.4 Å². The topological polar surface area (TPSA) is 41.1 Å². The molecule has 21 heavy (non-hydrogen) atoms. The third kappa shape index (κ3) is 4.42. The molecule has 1 aliphatic rings. The van der Waals surface area contributed by atoms with Crippen LogP contribution in [0.1, 0.15) is 24.8 Å². The van der Waals surface area contributed by atoms with Gasteiger partial charge in [0.1, 0.15) is 5.82 Å². The van der Waals surface area contributed by atoms with E-state index in [0.29, 0.717) is 12.1 Å². The molecule has 1 atom stereocenters. The summed E-state index contributed by atoms with van der Waals surface area (Å²) in [6, 6.07) is 2.45. The van der Waals surface area contributed by atoms with E-state index < -0.39 is 17.6 Å². The van der Waals surface area contributed by atoms with Crippen molar-refractivity contribution in [3.8, 4) is 0 Å². The van der Waals surface area contributed by atoms with Crippen molar-refractivity contribution >= 4 is 11.6 Å². The second-order valence-corrected chi connectivity index (χ2v) is 5.16. The molecule has 0 aromatic heterocycles. The van der Waals surface area contributed by atoms with Crippen LogP contribution in [0.4, 0.5) is 23.2 Å². The minimum atomic E-state index is -4.78. The minimum absolute atomic E-state index is 0.0440. The molecule has 116 valence electrons. The van der Waals surface area contributed by atoms with Gasteiger partial charge in [-0.25, -0.2) is 4.39 Å². The first-order chi connectivity index (χ1) is 9.86. The lowest BCUT2D eigenvalue weighted by atomic mass is 9.96. The maximum absolute atomic E-state index is 13.1. The average molecular weight is 304 g/mol. The van der Waals surface area contributed by atoms with E-state index in [9.17, 15) is 22.4 Å². The number of hydrogen-bond donors (Lipinski definition) is 2. The Kier molecular flexibility index (Phi) is 4.82. The van der Waals surface area contributed by atoms with Crippen LogP contribution in [0.3, 0.4) is 0 Å². The van der Waals surface area contributed by atoms with Crippen LogP contribution < -0.4 is 10.6 Å². The second kappa shape index (κ2) is 6.43. The Morgan fingerprint density at radius 3 is 2.76 bits per heavy atom. The number of nitrogens with one attached hydrogen (secondary N) is 2. The van der Waals surface area contributed by atoms with E-state index in [1.807, 2.05) is 0 Å². The Labute approximate surface area is 119 Å². The smallest absolute Gasteiger partial charge is 0.326 e. The Bertz CT molecular complexity index is 510. The standard InChI is InChI=1S/C14H16F4N2O/c15-12-4-3-10(7-11(12)14(16,17)18)20-13(21)6-9-2-1-5-19-8-9/h3-4,7,9,19H,1-2,5-6,8H2,(H,20,21). The van der Waals surface area contributed by atoms with E-state index in [2.05, 4.69) is 10.6 Å². The number of alkyl halides is 3. The molecule has 1 aromatic carbocycles. The van der Waals surface area contributed by atoms with E-state index in [1.54, 1.807) is 0 Å². The minimum Gasteiger partial charge on any atom is -0.326 e. The molecule has 1 fully saturated rings. The fourth-order valence-corrected chi connectivity index (χ4v) is 2.39.